The summed E-state index contributed by atoms with van der Waals surface area (Å²) in [6.45, 7) is 17.7. The summed E-state index contributed by atoms with van der Waals surface area (Å²) in [5, 5.41) is 25.8. The Labute approximate surface area is 266 Å². The number of likely N-dealkylation sites (tertiary alicyclic amines) is 1. The Morgan fingerprint density at radius 1 is 1.18 bits per heavy atom. The molecule has 0 bridgehead atoms. The largest absolute Gasteiger partial charge is 0.483 e. The molecule has 2 N–H and O–H groups in total. The second-order valence-corrected chi connectivity index (χ2v) is 12.8. The smallest absolute Gasteiger partial charge is 0.290 e. The Kier molecular flexibility index (Phi) is 13.0. The molecule has 2 aromatic rings. The van der Waals surface area contributed by atoms with Crippen LogP contribution >= 0.6 is 0 Å². The molecule has 45 heavy (non-hydrogen) atoms. The molecule has 13 heteroatoms. The van der Waals surface area contributed by atoms with Crippen LogP contribution in [0.3, 0.4) is 0 Å². The van der Waals surface area contributed by atoms with Crippen LogP contribution in [0.4, 0.5) is 10.2 Å². The summed E-state index contributed by atoms with van der Waals surface area (Å²) < 4.78 is 20.4. The number of rotatable bonds is 13. The number of benzene rings is 1. The van der Waals surface area contributed by atoms with Gasteiger partial charge in [-0.15, -0.1) is 10.2 Å². The Balaban J connectivity index is 0.00000177. The Morgan fingerprint density at radius 2 is 1.87 bits per heavy atom. The fraction of sp³-hybridized carbons (Fsp3) is 0.656. The van der Waals surface area contributed by atoms with E-state index in [0.717, 1.165) is 45.6 Å². The van der Waals surface area contributed by atoms with Crippen molar-refractivity contribution in [3.05, 3.63) is 35.9 Å². The molecule has 1 amide bonds. The van der Waals surface area contributed by atoms with Crippen LogP contribution in [0.2, 0.25) is 0 Å². The fourth-order valence-corrected chi connectivity index (χ4v) is 6.41. The van der Waals surface area contributed by atoms with E-state index in [2.05, 4.69) is 50.7 Å². The minimum atomic E-state index is -0.511. The zero-order chi connectivity index (χ0) is 33.3. The molecule has 1 aromatic carbocycles. The number of anilines is 1. The Hall–Kier alpha value is -3.42. The number of hydrogen-bond acceptors (Lipinski definition) is 10. The van der Waals surface area contributed by atoms with Gasteiger partial charge in [0.15, 0.2) is 5.82 Å². The third-order valence-electron chi connectivity index (χ3n) is 8.80. The van der Waals surface area contributed by atoms with Gasteiger partial charge in [-0.1, -0.05) is 20.8 Å². The molecule has 1 spiro atoms. The number of carbonyl (C=O) groups is 2. The molecule has 3 heterocycles. The van der Waals surface area contributed by atoms with E-state index >= 15 is 0 Å². The summed E-state index contributed by atoms with van der Waals surface area (Å²) in [6, 6.07) is 4.22. The maximum Gasteiger partial charge on any atom is 0.290 e. The molecule has 2 saturated heterocycles. The van der Waals surface area contributed by atoms with Gasteiger partial charge in [-0.05, 0) is 71.3 Å². The first-order valence-electron chi connectivity index (χ1n) is 15.8. The van der Waals surface area contributed by atoms with Gasteiger partial charge in [0.25, 0.3) is 18.3 Å². The highest BCUT2D eigenvalue weighted by Gasteiger charge is 2.50. The van der Waals surface area contributed by atoms with E-state index in [0.29, 0.717) is 30.9 Å². The number of ether oxygens (including phenoxy) is 1. The van der Waals surface area contributed by atoms with Crippen LogP contribution < -0.4 is 9.64 Å². The zero-order valence-corrected chi connectivity index (χ0v) is 27.7. The van der Waals surface area contributed by atoms with Crippen molar-refractivity contribution in [2.45, 2.75) is 72.6 Å². The predicted molar refractivity (Wildman–Crippen MR) is 170 cm³/mol. The molecule has 2 aliphatic rings. The zero-order valence-electron chi connectivity index (χ0n) is 27.7. The second-order valence-electron chi connectivity index (χ2n) is 12.8. The molecule has 2 aliphatic heterocycles. The number of amides is 1. The van der Waals surface area contributed by atoms with Crippen LogP contribution in [-0.4, -0.2) is 124 Å². The highest BCUT2D eigenvalue weighted by Crippen LogP contribution is 2.44. The SMILES string of the molecule is CCN(C)CC(O)CC(C(C)C)N1CC2(CCN(c3ncnnc3Oc3ccc(F)cc3C(=O)N(CC)C(C)C)C2)C1.O=CO. The molecule has 250 valence electrons. The van der Waals surface area contributed by atoms with Crippen LogP contribution in [0.1, 0.15) is 64.7 Å². The molecule has 2 unspecified atom stereocenters. The van der Waals surface area contributed by atoms with E-state index in [-0.39, 0.29) is 47.1 Å². The summed E-state index contributed by atoms with van der Waals surface area (Å²) in [6.07, 6.45) is 2.83. The van der Waals surface area contributed by atoms with Gasteiger partial charge in [-0.3, -0.25) is 14.5 Å². The molecular weight excluding hydrogens is 581 g/mol. The van der Waals surface area contributed by atoms with Crippen molar-refractivity contribution in [3.8, 4) is 11.6 Å². The van der Waals surface area contributed by atoms with Crippen molar-refractivity contribution in [1.82, 2.24) is 29.9 Å². The number of aliphatic hydroxyl groups excluding tert-OH is 1. The minimum Gasteiger partial charge on any atom is -0.483 e. The number of carbonyl (C=O) groups excluding carboxylic acids is 1. The van der Waals surface area contributed by atoms with Crippen LogP contribution in [0.25, 0.3) is 0 Å². The van der Waals surface area contributed by atoms with Gasteiger partial charge >= 0.3 is 0 Å². The molecule has 0 aliphatic carbocycles. The molecule has 2 fully saturated rings. The van der Waals surface area contributed by atoms with E-state index in [1.165, 1.54) is 24.5 Å². The highest BCUT2D eigenvalue weighted by atomic mass is 19.1. The molecule has 12 nitrogen and oxygen atoms in total. The third kappa shape index (κ3) is 9.08. The van der Waals surface area contributed by atoms with E-state index < -0.39 is 5.82 Å². The van der Waals surface area contributed by atoms with Crippen molar-refractivity contribution in [2.24, 2.45) is 11.3 Å². The number of hydrogen-bond donors (Lipinski definition) is 2. The molecule has 1 aromatic heterocycles. The summed E-state index contributed by atoms with van der Waals surface area (Å²) in [4.78, 5) is 34.7. The number of nitrogens with zero attached hydrogens (tertiary/aromatic N) is 7. The standard InChI is InChI=1S/C31H48FN7O3.CH2O2/c1-8-36(7)16-24(40)15-26(21(3)4)38-18-31(19-38)12-13-37(17-31)28-29(35-34-20-33-28)42-27-11-10-23(32)14-25(27)30(41)39(9-2)22(5)6;2-1-3/h10-11,14,20-22,24,26,40H,8-9,12-13,15-19H2,1-7H3;1H,(H,2,3). The maximum atomic E-state index is 14.3. The van der Waals surface area contributed by atoms with Gasteiger partial charge in [-0.25, -0.2) is 9.37 Å². The summed E-state index contributed by atoms with van der Waals surface area (Å²) in [5.41, 5.74) is 0.276. The number of likely N-dealkylation sites (N-methyl/N-ethyl adjacent to an activating group) is 1. The minimum absolute atomic E-state index is 0.0496. The first-order chi connectivity index (χ1) is 21.4. The van der Waals surface area contributed by atoms with Crippen LogP contribution in [-0.2, 0) is 4.79 Å². The number of aromatic nitrogens is 3. The summed E-state index contributed by atoms with van der Waals surface area (Å²) in [5.74, 6) is 0.615. The number of aliphatic hydroxyl groups is 1. The summed E-state index contributed by atoms with van der Waals surface area (Å²) in [7, 11) is 2.04. The van der Waals surface area contributed by atoms with Crippen molar-refractivity contribution < 1.29 is 28.9 Å². The fourth-order valence-electron chi connectivity index (χ4n) is 6.41. The van der Waals surface area contributed by atoms with E-state index in [1.54, 1.807) is 4.90 Å². The Morgan fingerprint density at radius 3 is 2.47 bits per heavy atom. The summed E-state index contributed by atoms with van der Waals surface area (Å²) >= 11 is 0. The third-order valence-corrected chi connectivity index (χ3v) is 8.80. The molecule has 0 saturated carbocycles. The normalized spacial score (nSPS) is 17.2. The molecule has 0 radical (unpaired) electrons. The van der Waals surface area contributed by atoms with Crippen LogP contribution in [0, 0.1) is 17.2 Å². The maximum absolute atomic E-state index is 14.3. The van der Waals surface area contributed by atoms with Crippen LogP contribution in [0.5, 0.6) is 11.6 Å². The molecule has 2 atom stereocenters. The quantitative estimate of drug-likeness (QED) is 0.314. The average molecular weight is 632 g/mol. The number of carboxylic acid groups (broad SMARTS) is 1. The van der Waals surface area contributed by atoms with Crippen molar-refractivity contribution in [1.29, 1.82) is 0 Å². The Bertz CT molecular complexity index is 1260. The monoisotopic (exact) mass is 631 g/mol. The van der Waals surface area contributed by atoms with Crippen molar-refractivity contribution >= 4 is 18.2 Å². The van der Waals surface area contributed by atoms with Gasteiger partial charge in [0.2, 0.25) is 0 Å². The lowest BCUT2D eigenvalue weighted by Crippen LogP contribution is -2.62. The van der Waals surface area contributed by atoms with Gasteiger partial charge in [-0.2, -0.15) is 0 Å². The first kappa shape index (κ1) is 36.1. The second kappa shape index (κ2) is 16.2. The lowest BCUT2D eigenvalue weighted by Gasteiger charge is -2.53. The van der Waals surface area contributed by atoms with Gasteiger partial charge in [0.05, 0.1) is 11.7 Å². The van der Waals surface area contributed by atoms with Gasteiger partial charge in [0, 0.05) is 56.8 Å². The van der Waals surface area contributed by atoms with Crippen molar-refractivity contribution in [3.63, 3.8) is 0 Å². The lowest BCUT2D eigenvalue weighted by atomic mass is 9.76. The first-order valence-corrected chi connectivity index (χ1v) is 15.8. The van der Waals surface area contributed by atoms with E-state index in [9.17, 15) is 14.3 Å². The van der Waals surface area contributed by atoms with E-state index in [1.807, 2.05) is 27.8 Å². The predicted octanol–water partition coefficient (Wildman–Crippen LogP) is 3.61. The molecular formula is C32H50FN7O5. The number of halogens is 1. The van der Waals surface area contributed by atoms with Crippen LogP contribution in [0.15, 0.2) is 24.5 Å². The average Bonchev–Trinajstić information content (AvgIpc) is 3.42. The molecule has 4 rings (SSSR count). The van der Waals surface area contributed by atoms with Gasteiger partial charge in [0.1, 0.15) is 17.9 Å². The van der Waals surface area contributed by atoms with Gasteiger partial charge < -0.3 is 29.6 Å². The van der Waals surface area contributed by atoms with E-state index in [4.69, 9.17) is 14.6 Å². The topological polar surface area (TPSA) is 135 Å². The lowest BCUT2D eigenvalue weighted by molar-refractivity contribution is -0.122. The van der Waals surface area contributed by atoms with Crippen molar-refractivity contribution in [2.75, 3.05) is 57.8 Å². The highest BCUT2D eigenvalue weighted by molar-refractivity contribution is 5.97.